The van der Waals surface area contributed by atoms with Crippen molar-refractivity contribution in [1.82, 2.24) is 24.5 Å². The van der Waals surface area contributed by atoms with Gasteiger partial charge in [0.05, 0.1) is 10.6 Å². The van der Waals surface area contributed by atoms with E-state index in [0.717, 1.165) is 16.8 Å². The normalized spacial score (nSPS) is 11.5. The third-order valence-electron chi connectivity index (χ3n) is 3.95. The highest BCUT2D eigenvalue weighted by Crippen LogP contribution is 2.16. The first-order chi connectivity index (χ1) is 12.8. The van der Waals surface area contributed by atoms with Gasteiger partial charge in [-0.2, -0.15) is 5.10 Å². The monoisotopic (exact) mass is 386 g/mol. The van der Waals surface area contributed by atoms with Crippen molar-refractivity contribution in [3.8, 4) is 5.82 Å². The van der Waals surface area contributed by atoms with E-state index < -0.39 is 10.0 Å². The van der Waals surface area contributed by atoms with E-state index in [1.165, 1.54) is 6.33 Å². The molecule has 8 nitrogen and oxygen atoms in total. The maximum absolute atomic E-state index is 12.4. The van der Waals surface area contributed by atoms with E-state index in [1.807, 2.05) is 32.2 Å². The van der Waals surface area contributed by atoms with Crippen molar-refractivity contribution in [2.45, 2.75) is 25.7 Å². The summed E-state index contributed by atoms with van der Waals surface area (Å²) in [5, 5.41) is 7.40. The highest BCUT2D eigenvalue weighted by molar-refractivity contribution is 7.89. The molecule has 0 aliphatic heterocycles. The average molecular weight is 386 g/mol. The second-order valence-electron chi connectivity index (χ2n) is 6.26. The van der Waals surface area contributed by atoms with Crippen molar-refractivity contribution in [1.29, 1.82) is 0 Å². The Morgan fingerprint density at radius 3 is 2.56 bits per heavy atom. The third kappa shape index (κ3) is 4.69. The van der Waals surface area contributed by atoms with Crippen LogP contribution >= 0.6 is 0 Å². The topological polar surface area (TPSA) is 102 Å². The molecule has 0 saturated heterocycles. The van der Waals surface area contributed by atoms with Crippen LogP contribution < -0.4 is 10.0 Å². The van der Waals surface area contributed by atoms with Gasteiger partial charge in [-0.05, 0) is 38.5 Å². The number of hydrogen-bond donors (Lipinski definition) is 2. The lowest BCUT2D eigenvalue weighted by atomic mass is 10.2. The van der Waals surface area contributed by atoms with Crippen molar-refractivity contribution in [3.63, 3.8) is 0 Å². The van der Waals surface area contributed by atoms with Gasteiger partial charge in [0.15, 0.2) is 5.82 Å². The highest BCUT2D eigenvalue weighted by Gasteiger charge is 2.15. The first-order valence-electron chi connectivity index (χ1n) is 8.51. The Balaban J connectivity index is 1.58. The summed E-state index contributed by atoms with van der Waals surface area (Å²) in [7, 11) is -3.55. The number of sulfonamides is 1. The molecule has 2 aromatic heterocycles. The quantitative estimate of drug-likeness (QED) is 0.602. The lowest BCUT2D eigenvalue weighted by Gasteiger charge is -2.11. The number of hydrogen-bond acceptors (Lipinski definition) is 6. The van der Waals surface area contributed by atoms with Gasteiger partial charge in [-0.3, -0.25) is 0 Å². The second kappa shape index (κ2) is 7.85. The van der Waals surface area contributed by atoms with Gasteiger partial charge in [0.25, 0.3) is 0 Å². The maximum Gasteiger partial charge on any atom is 0.240 e. The van der Waals surface area contributed by atoms with Crippen molar-refractivity contribution in [2.75, 3.05) is 18.4 Å². The van der Waals surface area contributed by atoms with Crippen molar-refractivity contribution >= 4 is 15.8 Å². The van der Waals surface area contributed by atoms with Crippen molar-refractivity contribution in [2.24, 2.45) is 0 Å². The van der Waals surface area contributed by atoms with E-state index in [0.29, 0.717) is 23.1 Å². The Labute approximate surface area is 158 Å². The van der Waals surface area contributed by atoms with E-state index in [-0.39, 0.29) is 6.54 Å². The van der Waals surface area contributed by atoms with Crippen LogP contribution in [0.25, 0.3) is 5.82 Å². The second-order valence-corrected chi connectivity index (χ2v) is 7.99. The molecule has 2 N–H and O–H groups in total. The van der Waals surface area contributed by atoms with Crippen molar-refractivity contribution in [3.05, 3.63) is 59.7 Å². The molecule has 0 aliphatic rings. The number of nitrogens with zero attached hydrogens (tertiary/aromatic N) is 4. The Hall–Kier alpha value is -2.78. The molecule has 0 aliphatic carbocycles. The van der Waals surface area contributed by atoms with Crippen LogP contribution in [0.3, 0.4) is 0 Å². The summed E-state index contributed by atoms with van der Waals surface area (Å²) in [4.78, 5) is 8.63. The lowest BCUT2D eigenvalue weighted by molar-refractivity contribution is 0.582. The molecule has 27 heavy (non-hydrogen) atoms. The first kappa shape index (κ1) is 19.0. The van der Waals surface area contributed by atoms with Crippen LogP contribution in [0.2, 0.25) is 0 Å². The van der Waals surface area contributed by atoms with Gasteiger partial charge in [-0.1, -0.05) is 17.7 Å². The summed E-state index contributed by atoms with van der Waals surface area (Å²) in [6, 6.07) is 8.91. The van der Waals surface area contributed by atoms with Gasteiger partial charge in [0.2, 0.25) is 10.0 Å². The maximum atomic E-state index is 12.4. The van der Waals surface area contributed by atoms with Gasteiger partial charge in [0.1, 0.15) is 12.1 Å². The third-order valence-corrected chi connectivity index (χ3v) is 5.57. The smallest absolute Gasteiger partial charge is 0.240 e. The summed E-state index contributed by atoms with van der Waals surface area (Å²) < 4.78 is 29.1. The number of benzene rings is 1. The summed E-state index contributed by atoms with van der Waals surface area (Å²) in [5.41, 5.74) is 2.65. The molecule has 0 amide bonds. The Kier molecular flexibility index (Phi) is 5.52. The molecule has 1 aromatic carbocycles. The van der Waals surface area contributed by atoms with Gasteiger partial charge in [-0.25, -0.2) is 27.8 Å². The molecule has 2 heterocycles. The molecule has 0 saturated carbocycles. The van der Waals surface area contributed by atoms with E-state index in [2.05, 4.69) is 25.1 Å². The molecule has 3 rings (SSSR count). The Morgan fingerprint density at radius 1 is 1.04 bits per heavy atom. The molecular weight excluding hydrogens is 364 g/mol. The zero-order valence-corrected chi connectivity index (χ0v) is 16.3. The Bertz CT molecular complexity index is 1050. The lowest BCUT2D eigenvalue weighted by Crippen LogP contribution is -2.29. The van der Waals surface area contributed by atoms with Crippen LogP contribution in [0.15, 0.2) is 47.8 Å². The van der Waals surface area contributed by atoms with Crippen LogP contribution in [0.5, 0.6) is 0 Å². The zero-order valence-electron chi connectivity index (χ0n) is 15.5. The van der Waals surface area contributed by atoms with E-state index >= 15 is 0 Å². The predicted molar refractivity (Wildman–Crippen MR) is 103 cm³/mol. The van der Waals surface area contributed by atoms with Gasteiger partial charge < -0.3 is 5.32 Å². The largest absolute Gasteiger partial charge is 0.369 e. The van der Waals surface area contributed by atoms with E-state index in [9.17, 15) is 8.42 Å². The number of aromatic nitrogens is 4. The van der Waals surface area contributed by atoms with Crippen LogP contribution in [0.4, 0.5) is 5.82 Å². The first-order valence-corrected chi connectivity index (χ1v) is 9.99. The van der Waals surface area contributed by atoms with Crippen LogP contribution in [-0.4, -0.2) is 41.3 Å². The molecule has 0 bridgehead atoms. The molecular formula is C18H22N6O2S. The van der Waals surface area contributed by atoms with Gasteiger partial charge >= 0.3 is 0 Å². The predicted octanol–water partition coefficient (Wildman–Crippen LogP) is 1.98. The molecule has 0 unspecified atom stereocenters. The molecule has 0 fully saturated rings. The Morgan fingerprint density at radius 2 is 1.85 bits per heavy atom. The van der Waals surface area contributed by atoms with Crippen LogP contribution in [0, 0.1) is 20.8 Å². The number of anilines is 1. The summed E-state index contributed by atoms with van der Waals surface area (Å²) in [6.07, 6.45) is 3.26. The minimum atomic E-state index is -3.55. The molecule has 0 atom stereocenters. The molecule has 0 spiro atoms. The van der Waals surface area contributed by atoms with Crippen LogP contribution in [0.1, 0.15) is 16.8 Å². The van der Waals surface area contributed by atoms with Crippen molar-refractivity contribution < 1.29 is 8.42 Å². The molecule has 0 radical (unpaired) electrons. The van der Waals surface area contributed by atoms with Gasteiger partial charge in [-0.15, -0.1) is 0 Å². The zero-order chi connectivity index (χ0) is 19.4. The number of rotatable bonds is 7. The van der Waals surface area contributed by atoms with E-state index in [1.54, 1.807) is 29.8 Å². The fourth-order valence-electron chi connectivity index (χ4n) is 2.67. The summed E-state index contributed by atoms with van der Waals surface area (Å²) >= 11 is 0. The van der Waals surface area contributed by atoms with Gasteiger partial charge in [0, 0.05) is 25.4 Å². The number of aryl methyl sites for hydroxylation is 3. The SMILES string of the molecule is Cc1ccc(S(=O)(=O)NCCNc2cc(-n3ccc(C)n3)ncn2)c(C)c1. The van der Waals surface area contributed by atoms with E-state index in [4.69, 9.17) is 0 Å². The highest BCUT2D eigenvalue weighted by atomic mass is 32.2. The minimum absolute atomic E-state index is 0.232. The molecule has 3 aromatic rings. The molecule has 142 valence electrons. The fraction of sp³-hybridized carbons (Fsp3) is 0.278. The van der Waals surface area contributed by atoms with Crippen LogP contribution in [-0.2, 0) is 10.0 Å². The fourth-order valence-corrected chi connectivity index (χ4v) is 3.92. The number of nitrogens with one attached hydrogen (secondary N) is 2. The summed E-state index contributed by atoms with van der Waals surface area (Å²) in [6.45, 7) is 6.24. The summed E-state index contributed by atoms with van der Waals surface area (Å²) in [5.74, 6) is 1.23. The minimum Gasteiger partial charge on any atom is -0.369 e. The molecule has 9 heteroatoms. The standard InChI is InChI=1S/C18H22N6O2S/c1-13-4-5-16(14(2)10-13)27(25,26)22-8-7-19-17-11-18(21-12-20-17)24-9-6-15(3)23-24/h4-6,9-12,22H,7-8H2,1-3H3,(H,19,20,21). The average Bonchev–Trinajstić information content (AvgIpc) is 3.05.